The summed E-state index contributed by atoms with van der Waals surface area (Å²) in [6, 6.07) is 2.03. The van der Waals surface area contributed by atoms with Crippen LogP contribution in [0.4, 0.5) is 0 Å². The normalized spacial score (nSPS) is 30.8. The van der Waals surface area contributed by atoms with Gasteiger partial charge >= 0.3 is 0 Å². The lowest BCUT2D eigenvalue weighted by atomic mass is 9.95. The molecular weight excluding hydrogens is 284 g/mol. The van der Waals surface area contributed by atoms with E-state index in [1.54, 1.807) is 0 Å². The molecule has 17 heavy (non-hydrogen) atoms. The number of hydrogen-bond donors (Lipinski definition) is 1. The van der Waals surface area contributed by atoms with E-state index < -0.39 is 0 Å². The molecule has 5 heteroatoms. The number of amides is 1. The van der Waals surface area contributed by atoms with Gasteiger partial charge in [0.2, 0.25) is 0 Å². The first-order valence-corrected chi connectivity index (χ1v) is 6.71. The van der Waals surface area contributed by atoms with Crippen molar-refractivity contribution >= 4 is 21.8 Å². The molecule has 1 aromatic heterocycles. The number of fused-ring (bicyclic) bond motifs is 2. The molecule has 2 aliphatic rings. The summed E-state index contributed by atoms with van der Waals surface area (Å²) in [5.74, 6) is -0.0145. The predicted molar refractivity (Wildman–Crippen MR) is 66.9 cm³/mol. The number of aromatic nitrogens is 1. The van der Waals surface area contributed by atoms with E-state index in [9.17, 15) is 4.79 Å². The first-order valence-electron chi connectivity index (χ1n) is 5.91. The molecule has 3 rings (SSSR count). The number of carbonyl (C=O) groups excluding carboxylic acids is 1. The Morgan fingerprint density at radius 3 is 2.94 bits per heavy atom. The Hall–Kier alpha value is -0.810. The molecule has 0 spiro atoms. The van der Waals surface area contributed by atoms with Gasteiger partial charge in [-0.25, -0.2) is 0 Å². The molecule has 3 heterocycles. The van der Waals surface area contributed by atoms with Gasteiger partial charge in [-0.15, -0.1) is 0 Å². The molecule has 0 saturated carbocycles. The molecular formula is C12H15BrN2O2. The summed E-state index contributed by atoms with van der Waals surface area (Å²) in [5.41, 5.74) is 0.680. The molecule has 3 atom stereocenters. The SMILES string of the molecule is Cn1cc(Br)cc1C(=O)NC1CC2CCC1O2. The summed E-state index contributed by atoms with van der Waals surface area (Å²) < 4.78 is 8.48. The fourth-order valence-corrected chi connectivity index (χ4v) is 3.31. The molecule has 0 aliphatic carbocycles. The Bertz CT molecular complexity index is 457. The van der Waals surface area contributed by atoms with E-state index >= 15 is 0 Å². The molecule has 0 aromatic carbocycles. The summed E-state index contributed by atoms with van der Waals surface area (Å²) in [4.78, 5) is 12.1. The molecule has 2 bridgehead atoms. The maximum atomic E-state index is 12.1. The predicted octanol–water partition coefficient (Wildman–Crippen LogP) is 1.84. The summed E-state index contributed by atoms with van der Waals surface area (Å²) in [6.07, 6.45) is 5.66. The zero-order chi connectivity index (χ0) is 12.0. The fourth-order valence-electron chi connectivity index (χ4n) is 2.78. The Morgan fingerprint density at radius 2 is 2.41 bits per heavy atom. The van der Waals surface area contributed by atoms with Gasteiger partial charge in [0, 0.05) is 17.7 Å². The van der Waals surface area contributed by atoms with Gasteiger partial charge in [0.05, 0.1) is 18.2 Å². The molecule has 92 valence electrons. The van der Waals surface area contributed by atoms with E-state index in [2.05, 4.69) is 21.2 Å². The molecule has 1 aromatic rings. The summed E-state index contributed by atoms with van der Waals surface area (Å²) in [6.45, 7) is 0. The highest BCUT2D eigenvalue weighted by molar-refractivity contribution is 9.10. The van der Waals surface area contributed by atoms with Crippen LogP contribution in [-0.2, 0) is 11.8 Å². The van der Waals surface area contributed by atoms with Crippen LogP contribution in [0, 0.1) is 0 Å². The van der Waals surface area contributed by atoms with E-state index in [0.29, 0.717) is 11.8 Å². The number of rotatable bonds is 2. The number of nitrogens with zero attached hydrogens (tertiary/aromatic N) is 1. The third-order valence-corrected chi connectivity index (χ3v) is 4.06. The Labute approximate surface area is 108 Å². The molecule has 3 unspecified atom stereocenters. The lowest BCUT2D eigenvalue weighted by Gasteiger charge is -2.20. The van der Waals surface area contributed by atoms with Crippen LogP contribution in [0.15, 0.2) is 16.7 Å². The third kappa shape index (κ3) is 2.02. The lowest BCUT2D eigenvalue weighted by molar-refractivity contribution is 0.0835. The topological polar surface area (TPSA) is 43.3 Å². The van der Waals surface area contributed by atoms with Gasteiger partial charge in [-0.1, -0.05) is 0 Å². The average Bonchev–Trinajstić information content (AvgIpc) is 2.93. The largest absolute Gasteiger partial charge is 0.373 e. The summed E-state index contributed by atoms with van der Waals surface area (Å²) in [7, 11) is 1.87. The van der Waals surface area contributed by atoms with Crippen molar-refractivity contribution in [2.75, 3.05) is 0 Å². The number of hydrogen-bond acceptors (Lipinski definition) is 2. The monoisotopic (exact) mass is 298 g/mol. The summed E-state index contributed by atoms with van der Waals surface area (Å²) in [5, 5.41) is 3.08. The number of nitrogens with one attached hydrogen (secondary N) is 1. The zero-order valence-electron chi connectivity index (χ0n) is 9.65. The first kappa shape index (κ1) is 11.3. The lowest BCUT2D eigenvalue weighted by Crippen LogP contribution is -2.41. The van der Waals surface area contributed by atoms with Crippen LogP contribution in [0.2, 0.25) is 0 Å². The van der Waals surface area contributed by atoms with E-state index in [1.165, 1.54) is 0 Å². The molecule has 0 radical (unpaired) electrons. The Balaban J connectivity index is 1.69. The van der Waals surface area contributed by atoms with E-state index in [1.807, 2.05) is 23.9 Å². The van der Waals surface area contributed by atoms with Gasteiger partial charge in [-0.05, 0) is 41.3 Å². The highest BCUT2D eigenvalue weighted by Crippen LogP contribution is 2.34. The highest BCUT2D eigenvalue weighted by Gasteiger charge is 2.41. The minimum atomic E-state index is -0.0145. The summed E-state index contributed by atoms with van der Waals surface area (Å²) >= 11 is 3.37. The molecule has 1 N–H and O–H groups in total. The maximum Gasteiger partial charge on any atom is 0.268 e. The van der Waals surface area contributed by atoms with Crippen LogP contribution in [0.25, 0.3) is 0 Å². The van der Waals surface area contributed by atoms with Crippen molar-refractivity contribution in [3.63, 3.8) is 0 Å². The van der Waals surface area contributed by atoms with Gasteiger partial charge in [0.15, 0.2) is 0 Å². The second kappa shape index (κ2) is 4.14. The second-order valence-corrected chi connectivity index (χ2v) is 5.76. The first-order chi connectivity index (χ1) is 8.13. The van der Waals surface area contributed by atoms with Crippen molar-refractivity contribution in [3.8, 4) is 0 Å². The van der Waals surface area contributed by atoms with Crippen molar-refractivity contribution in [3.05, 3.63) is 22.4 Å². The van der Waals surface area contributed by atoms with Crippen LogP contribution in [0.1, 0.15) is 29.8 Å². The van der Waals surface area contributed by atoms with Crippen molar-refractivity contribution in [1.82, 2.24) is 9.88 Å². The second-order valence-electron chi connectivity index (χ2n) is 4.84. The quantitative estimate of drug-likeness (QED) is 0.905. The number of aryl methyl sites for hydroxylation is 1. The van der Waals surface area contributed by atoms with Crippen LogP contribution in [0.5, 0.6) is 0 Å². The molecule has 1 amide bonds. The smallest absolute Gasteiger partial charge is 0.268 e. The number of carbonyl (C=O) groups is 1. The van der Waals surface area contributed by atoms with Crippen molar-refractivity contribution in [2.45, 2.75) is 37.5 Å². The molecule has 4 nitrogen and oxygen atoms in total. The van der Waals surface area contributed by atoms with Crippen LogP contribution in [-0.4, -0.2) is 28.7 Å². The van der Waals surface area contributed by atoms with E-state index in [4.69, 9.17) is 4.74 Å². The van der Waals surface area contributed by atoms with Crippen molar-refractivity contribution in [2.24, 2.45) is 7.05 Å². The van der Waals surface area contributed by atoms with Gasteiger partial charge in [0.1, 0.15) is 5.69 Å². The van der Waals surface area contributed by atoms with Gasteiger partial charge < -0.3 is 14.6 Å². The van der Waals surface area contributed by atoms with Crippen LogP contribution in [0.3, 0.4) is 0 Å². The molecule has 2 aliphatic heterocycles. The standard InChI is InChI=1S/C12H15BrN2O2/c1-15-6-7(13)4-10(15)12(16)14-9-5-8-2-3-11(9)17-8/h4,6,8-9,11H,2-3,5H2,1H3,(H,14,16). The zero-order valence-corrected chi connectivity index (χ0v) is 11.2. The van der Waals surface area contributed by atoms with Gasteiger partial charge in [0.25, 0.3) is 5.91 Å². The van der Waals surface area contributed by atoms with Crippen LogP contribution < -0.4 is 5.32 Å². The van der Waals surface area contributed by atoms with Crippen LogP contribution >= 0.6 is 15.9 Å². The van der Waals surface area contributed by atoms with Crippen molar-refractivity contribution in [1.29, 1.82) is 0 Å². The van der Waals surface area contributed by atoms with E-state index in [-0.39, 0.29) is 18.1 Å². The Kier molecular flexibility index (Phi) is 2.75. The van der Waals surface area contributed by atoms with Gasteiger partial charge in [-0.3, -0.25) is 4.79 Å². The molecule has 2 saturated heterocycles. The third-order valence-electron chi connectivity index (χ3n) is 3.63. The van der Waals surface area contributed by atoms with E-state index in [0.717, 1.165) is 23.7 Å². The number of ether oxygens (including phenoxy) is 1. The van der Waals surface area contributed by atoms with Gasteiger partial charge in [-0.2, -0.15) is 0 Å². The average molecular weight is 299 g/mol. The van der Waals surface area contributed by atoms with Crippen molar-refractivity contribution < 1.29 is 9.53 Å². The number of halogens is 1. The Morgan fingerprint density at radius 1 is 1.59 bits per heavy atom. The minimum Gasteiger partial charge on any atom is -0.373 e. The minimum absolute atomic E-state index is 0.0145. The fraction of sp³-hybridized carbons (Fsp3) is 0.583. The molecule has 2 fully saturated rings. The maximum absolute atomic E-state index is 12.1. The highest BCUT2D eigenvalue weighted by atomic mass is 79.9.